The van der Waals surface area contributed by atoms with Gasteiger partial charge in [0.1, 0.15) is 11.6 Å². The van der Waals surface area contributed by atoms with Crippen molar-refractivity contribution in [1.29, 1.82) is 0 Å². The van der Waals surface area contributed by atoms with Crippen LogP contribution < -0.4 is 10.6 Å². The third-order valence-electron chi connectivity index (χ3n) is 4.98. The van der Waals surface area contributed by atoms with E-state index >= 15 is 0 Å². The first-order valence-electron chi connectivity index (χ1n) is 10.3. The molecule has 1 atom stereocenters. The molecular formula is C24H32F2N2O. The van der Waals surface area contributed by atoms with E-state index in [4.69, 9.17) is 0 Å². The summed E-state index contributed by atoms with van der Waals surface area (Å²) in [6, 6.07) is 12.8. The summed E-state index contributed by atoms with van der Waals surface area (Å²) in [7, 11) is 0. The third-order valence-corrected chi connectivity index (χ3v) is 4.98. The van der Waals surface area contributed by atoms with Crippen LogP contribution in [0.3, 0.4) is 0 Å². The van der Waals surface area contributed by atoms with Gasteiger partial charge >= 0.3 is 0 Å². The van der Waals surface area contributed by atoms with Gasteiger partial charge in [-0.25, -0.2) is 8.78 Å². The standard InChI is InChI=1S/C24H32F2N2O/c1-16(2)23(28-17(3)4)24(29)27-15-5-6-22(18-7-11-20(25)12-8-18)19-9-13-21(26)14-10-19/h7-14,16-17,22-23,28H,5-6,15H2,1-4H3,(H,27,29). The minimum Gasteiger partial charge on any atom is -0.355 e. The Hall–Kier alpha value is -2.27. The second-order valence-electron chi connectivity index (χ2n) is 8.13. The zero-order valence-corrected chi connectivity index (χ0v) is 17.7. The van der Waals surface area contributed by atoms with Crippen LogP contribution in [0, 0.1) is 17.6 Å². The Kier molecular flexibility index (Phi) is 8.77. The normalized spacial score (nSPS) is 12.6. The first kappa shape index (κ1) is 23.0. The molecule has 0 aromatic heterocycles. The van der Waals surface area contributed by atoms with Crippen LogP contribution in [0.25, 0.3) is 0 Å². The molecule has 2 rings (SSSR count). The lowest BCUT2D eigenvalue weighted by atomic mass is 9.87. The van der Waals surface area contributed by atoms with Gasteiger partial charge in [0.15, 0.2) is 0 Å². The summed E-state index contributed by atoms with van der Waals surface area (Å²) in [6.45, 7) is 8.66. The number of rotatable bonds is 10. The molecule has 0 fully saturated rings. The van der Waals surface area contributed by atoms with E-state index in [0.717, 1.165) is 24.0 Å². The van der Waals surface area contributed by atoms with Crippen molar-refractivity contribution in [3.05, 3.63) is 71.3 Å². The highest BCUT2D eigenvalue weighted by Gasteiger charge is 2.22. The first-order valence-corrected chi connectivity index (χ1v) is 10.3. The summed E-state index contributed by atoms with van der Waals surface area (Å²) in [5, 5.41) is 6.33. The van der Waals surface area contributed by atoms with E-state index in [0.29, 0.717) is 6.54 Å². The van der Waals surface area contributed by atoms with Gasteiger partial charge < -0.3 is 10.6 Å². The van der Waals surface area contributed by atoms with Gasteiger partial charge in [0.05, 0.1) is 6.04 Å². The van der Waals surface area contributed by atoms with Gasteiger partial charge in [0.2, 0.25) is 5.91 Å². The van der Waals surface area contributed by atoms with Crippen molar-refractivity contribution in [2.75, 3.05) is 6.54 Å². The fourth-order valence-electron chi connectivity index (χ4n) is 3.47. The lowest BCUT2D eigenvalue weighted by molar-refractivity contribution is -0.124. The smallest absolute Gasteiger partial charge is 0.237 e. The number of hydrogen-bond donors (Lipinski definition) is 2. The molecule has 0 aliphatic heterocycles. The van der Waals surface area contributed by atoms with Gasteiger partial charge in [-0.2, -0.15) is 0 Å². The van der Waals surface area contributed by atoms with Crippen LogP contribution in [0.1, 0.15) is 57.6 Å². The van der Waals surface area contributed by atoms with Crippen LogP contribution in [-0.2, 0) is 4.79 Å². The fraction of sp³-hybridized carbons (Fsp3) is 0.458. The molecule has 29 heavy (non-hydrogen) atoms. The molecule has 2 aromatic carbocycles. The van der Waals surface area contributed by atoms with Gasteiger partial charge in [-0.3, -0.25) is 4.79 Å². The SMILES string of the molecule is CC(C)NC(C(=O)NCCCC(c1ccc(F)cc1)c1ccc(F)cc1)C(C)C. The predicted octanol–water partition coefficient (Wildman–Crippen LogP) is 5.02. The Morgan fingerprint density at radius 1 is 0.862 bits per heavy atom. The zero-order chi connectivity index (χ0) is 21.4. The van der Waals surface area contributed by atoms with Crippen molar-refractivity contribution in [2.45, 2.75) is 58.5 Å². The van der Waals surface area contributed by atoms with Crippen LogP contribution in [0.2, 0.25) is 0 Å². The summed E-state index contributed by atoms with van der Waals surface area (Å²) in [5.41, 5.74) is 1.96. The van der Waals surface area contributed by atoms with Crippen LogP contribution in [0.5, 0.6) is 0 Å². The lowest BCUT2D eigenvalue weighted by Gasteiger charge is -2.24. The highest BCUT2D eigenvalue weighted by Crippen LogP contribution is 2.29. The molecule has 5 heteroatoms. The number of carbonyl (C=O) groups excluding carboxylic acids is 1. The van der Waals surface area contributed by atoms with E-state index in [1.165, 1.54) is 24.3 Å². The Morgan fingerprint density at radius 2 is 1.34 bits per heavy atom. The molecule has 0 saturated carbocycles. The van der Waals surface area contributed by atoms with Crippen LogP contribution in [0.15, 0.2) is 48.5 Å². The maximum atomic E-state index is 13.3. The van der Waals surface area contributed by atoms with Crippen molar-refractivity contribution in [3.63, 3.8) is 0 Å². The molecule has 0 radical (unpaired) electrons. The number of benzene rings is 2. The van der Waals surface area contributed by atoms with Crippen molar-refractivity contribution >= 4 is 5.91 Å². The summed E-state index contributed by atoms with van der Waals surface area (Å²) < 4.78 is 26.7. The molecule has 3 nitrogen and oxygen atoms in total. The Bertz CT molecular complexity index is 712. The van der Waals surface area contributed by atoms with E-state index in [9.17, 15) is 13.6 Å². The topological polar surface area (TPSA) is 41.1 Å². The molecule has 158 valence electrons. The number of carbonyl (C=O) groups is 1. The number of nitrogens with one attached hydrogen (secondary N) is 2. The van der Waals surface area contributed by atoms with Crippen molar-refractivity contribution in [3.8, 4) is 0 Å². The Morgan fingerprint density at radius 3 is 1.76 bits per heavy atom. The average molecular weight is 403 g/mol. The lowest BCUT2D eigenvalue weighted by Crippen LogP contribution is -2.50. The van der Waals surface area contributed by atoms with Gasteiger partial charge in [0, 0.05) is 18.5 Å². The van der Waals surface area contributed by atoms with Gasteiger partial charge in [-0.05, 0) is 54.2 Å². The molecule has 0 bridgehead atoms. The number of amides is 1. The summed E-state index contributed by atoms with van der Waals surface area (Å²) >= 11 is 0. The summed E-state index contributed by atoms with van der Waals surface area (Å²) in [6.07, 6.45) is 1.53. The Balaban J connectivity index is 2.00. The maximum absolute atomic E-state index is 13.3. The van der Waals surface area contributed by atoms with Crippen LogP contribution in [-0.4, -0.2) is 24.5 Å². The summed E-state index contributed by atoms with van der Waals surface area (Å²) in [4.78, 5) is 12.5. The monoisotopic (exact) mass is 402 g/mol. The molecule has 0 saturated heterocycles. The highest BCUT2D eigenvalue weighted by molar-refractivity contribution is 5.82. The van der Waals surface area contributed by atoms with E-state index in [1.807, 2.05) is 27.7 Å². The zero-order valence-electron chi connectivity index (χ0n) is 17.7. The fourth-order valence-corrected chi connectivity index (χ4v) is 3.47. The predicted molar refractivity (Wildman–Crippen MR) is 114 cm³/mol. The molecule has 1 unspecified atom stereocenters. The molecule has 0 aliphatic rings. The first-order chi connectivity index (χ1) is 13.8. The second kappa shape index (κ2) is 11.1. The summed E-state index contributed by atoms with van der Waals surface area (Å²) in [5.74, 6) is -0.340. The number of hydrogen-bond acceptors (Lipinski definition) is 2. The van der Waals surface area contributed by atoms with Crippen molar-refractivity contribution in [2.24, 2.45) is 5.92 Å². The molecular weight excluding hydrogens is 370 g/mol. The van der Waals surface area contributed by atoms with E-state index in [-0.39, 0.29) is 41.5 Å². The van der Waals surface area contributed by atoms with E-state index in [1.54, 1.807) is 24.3 Å². The number of halogens is 2. The second-order valence-corrected chi connectivity index (χ2v) is 8.13. The molecule has 0 heterocycles. The molecule has 2 N–H and O–H groups in total. The third kappa shape index (κ3) is 7.24. The average Bonchev–Trinajstić information content (AvgIpc) is 2.67. The Labute approximate surface area is 172 Å². The quantitative estimate of drug-likeness (QED) is 0.548. The molecule has 2 aromatic rings. The highest BCUT2D eigenvalue weighted by atomic mass is 19.1. The van der Waals surface area contributed by atoms with E-state index < -0.39 is 0 Å². The van der Waals surface area contributed by atoms with Crippen molar-refractivity contribution in [1.82, 2.24) is 10.6 Å². The van der Waals surface area contributed by atoms with Crippen molar-refractivity contribution < 1.29 is 13.6 Å². The molecule has 0 aliphatic carbocycles. The minimum atomic E-state index is -0.281. The largest absolute Gasteiger partial charge is 0.355 e. The van der Waals surface area contributed by atoms with Crippen LogP contribution in [0.4, 0.5) is 8.78 Å². The van der Waals surface area contributed by atoms with Gasteiger partial charge in [0.25, 0.3) is 0 Å². The van der Waals surface area contributed by atoms with E-state index in [2.05, 4.69) is 10.6 Å². The van der Waals surface area contributed by atoms with Gasteiger partial charge in [-0.1, -0.05) is 52.0 Å². The molecule has 0 spiro atoms. The minimum absolute atomic E-state index is 0.00816. The van der Waals surface area contributed by atoms with Crippen LogP contribution >= 0.6 is 0 Å². The maximum Gasteiger partial charge on any atom is 0.237 e. The van der Waals surface area contributed by atoms with Gasteiger partial charge in [-0.15, -0.1) is 0 Å². The molecule has 1 amide bonds.